The van der Waals surface area contributed by atoms with Gasteiger partial charge >= 0.3 is 0 Å². The molecule has 0 saturated carbocycles. The zero-order valence-corrected chi connectivity index (χ0v) is 8.24. The van der Waals surface area contributed by atoms with Crippen LogP contribution in [0, 0.1) is 11.8 Å². The van der Waals surface area contributed by atoms with E-state index in [4.69, 9.17) is 0 Å². The summed E-state index contributed by atoms with van der Waals surface area (Å²) in [5.74, 6) is 4.09. The summed E-state index contributed by atoms with van der Waals surface area (Å²) in [6.45, 7) is 0. The topological polar surface area (TPSA) is 63.2 Å². The summed E-state index contributed by atoms with van der Waals surface area (Å²) in [6, 6.07) is 4.99. The van der Waals surface area contributed by atoms with E-state index in [0.717, 1.165) is 0 Å². The van der Waals surface area contributed by atoms with Crippen molar-refractivity contribution in [3.8, 4) is 11.8 Å². The van der Waals surface area contributed by atoms with E-state index in [2.05, 4.69) is 17.2 Å². The quantitative estimate of drug-likeness (QED) is 0.425. The van der Waals surface area contributed by atoms with Crippen molar-refractivity contribution in [2.75, 3.05) is 5.32 Å². The summed E-state index contributed by atoms with van der Waals surface area (Å²) in [5.41, 5.74) is 1.25. The van der Waals surface area contributed by atoms with Gasteiger partial charge in [0.2, 0.25) is 0 Å². The minimum absolute atomic E-state index is 0.110. The van der Waals surface area contributed by atoms with Gasteiger partial charge in [0.25, 0.3) is 11.7 Å². The van der Waals surface area contributed by atoms with Crippen molar-refractivity contribution in [1.82, 2.24) is 0 Å². The van der Waals surface area contributed by atoms with Crippen molar-refractivity contribution < 1.29 is 14.4 Å². The van der Waals surface area contributed by atoms with E-state index >= 15 is 0 Å². The average molecular weight is 213 g/mol. The molecule has 1 aromatic carbocycles. The third-order valence-corrected chi connectivity index (χ3v) is 2.15. The minimum Gasteiger partial charge on any atom is -0.318 e. The second-order valence-corrected chi connectivity index (χ2v) is 3.18. The van der Waals surface area contributed by atoms with Crippen LogP contribution >= 0.6 is 0 Å². The second kappa shape index (κ2) is 3.99. The van der Waals surface area contributed by atoms with Gasteiger partial charge < -0.3 is 10.1 Å². The number of aldehydes is 1. The molecule has 1 amide bonds. The molecule has 4 nitrogen and oxygen atoms in total. The molecule has 0 bridgehead atoms. The Morgan fingerprint density at radius 1 is 1.31 bits per heavy atom. The molecule has 1 heterocycles. The van der Waals surface area contributed by atoms with E-state index in [9.17, 15) is 14.4 Å². The van der Waals surface area contributed by atoms with E-state index in [1.807, 2.05) is 0 Å². The van der Waals surface area contributed by atoms with Crippen LogP contribution in [0.25, 0.3) is 0 Å². The van der Waals surface area contributed by atoms with Crippen LogP contribution in [0.5, 0.6) is 0 Å². The molecule has 1 N–H and O–H groups in total. The van der Waals surface area contributed by atoms with Gasteiger partial charge in [0.05, 0.1) is 17.7 Å². The number of carbonyl (C=O) groups is 3. The zero-order chi connectivity index (χ0) is 11.5. The molecular formula is C12H7NO3. The molecule has 0 unspecified atom stereocenters. The molecule has 0 fully saturated rings. The number of amides is 1. The van der Waals surface area contributed by atoms with Gasteiger partial charge in [0.1, 0.15) is 6.29 Å². The first kappa shape index (κ1) is 10.1. The van der Waals surface area contributed by atoms with Crippen LogP contribution in [-0.2, 0) is 9.59 Å². The van der Waals surface area contributed by atoms with Crippen molar-refractivity contribution in [2.24, 2.45) is 0 Å². The lowest BCUT2D eigenvalue weighted by Gasteiger charge is -1.97. The molecule has 16 heavy (non-hydrogen) atoms. The van der Waals surface area contributed by atoms with Crippen LogP contribution in [0.15, 0.2) is 18.2 Å². The third kappa shape index (κ3) is 1.59. The van der Waals surface area contributed by atoms with Gasteiger partial charge in [-0.25, -0.2) is 0 Å². The summed E-state index contributed by atoms with van der Waals surface area (Å²) >= 11 is 0. The molecule has 0 atom stereocenters. The molecule has 0 aromatic heterocycles. The van der Waals surface area contributed by atoms with Crippen molar-refractivity contribution in [2.45, 2.75) is 6.42 Å². The van der Waals surface area contributed by atoms with E-state index in [1.165, 1.54) is 0 Å². The number of ketones is 1. The second-order valence-electron chi connectivity index (χ2n) is 3.18. The van der Waals surface area contributed by atoms with Crippen molar-refractivity contribution in [3.63, 3.8) is 0 Å². The van der Waals surface area contributed by atoms with Crippen molar-refractivity contribution in [1.29, 1.82) is 0 Å². The minimum atomic E-state index is -0.639. The molecule has 78 valence electrons. The smallest absolute Gasteiger partial charge is 0.296 e. The predicted molar refractivity (Wildman–Crippen MR) is 57.0 cm³/mol. The number of rotatable bonds is 1. The number of hydrogen-bond donors (Lipinski definition) is 1. The summed E-state index contributed by atoms with van der Waals surface area (Å²) < 4.78 is 0. The molecule has 0 radical (unpaired) electrons. The molecule has 0 saturated heterocycles. The van der Waals surface area contributed by atoms with Crippen LogP contribution in [0.4, 0.5) is 5.69 Å². The van der Waals surface area contributed by atoms with Gasteiger partial charge in [-0.15, -0.1) is 0 Å². The highest BCUT2D eigenvalue weighted by Gasteiger charge is 2.29. The van der Waals surface area contributed by atoms with Crippen LogP contribution in [0.1, 0.15) is 22.3 Å². The normalized spacial score (nSPS) is 12.5. The fraction of sp³-hybridized carbons (Fsp3) is 0.0833. The Balaban J connectivity index is 2.47. The Bertz CT molecular complexity index is 549. The highest BCUT2D eigenvalue weighted by Crippen LogP contribution is 2.25. The first-order valence-corrected chi connectivity index (χ1v) is 4.65. The first-order valence-electron chi connectivity index (χ1n) is 4.65. The van der Waals surface area contributed by atoms with Gasteiger partial charge in [0.15, 0.2) is 0 Å². The van der Waals surface area contributed by atoms with E-state index in [0.29, 0.717) is 23.1 Å². The predicted octanol–water partition coefficient (Wildman–Crippen LogP) is 0.762. The first-order chi connectivity index (χ1) is 7.74. The molecule has 0 spiro atoms. The Hall–Kier alpha value is -2.41. The average Bonchev–Trinajstić information content (AvgIpc) is 2.56. The van der Waals surface area contributed by atoms with Crippen molar-refractivity contribution in [3.05, 3.63) is 29.3 Å². The van der Waals surface area contributed by atoms with Gasteiger partial charge in [-0.05, 0) is 12.1 Å². The lowest BCUT2D eigenvalue weighted by Crippen LogP contribution is -2.12. The molecule has 1 aliphatic rings. The molecule has 1 aromatic rings. The Morgan fingerprint density at radius 3 is 2.88 bits per heavy atom. The Kier molecular flexibility index (Phi) is 2.52. The third-order valence-electron chi connectivity index (χ3n) is 2.15. The van der Waals surface area contributed by atoms with E-state index in [1.54, 1.807) is 18.2 Å². The van der Waals surface area contributed by atoms with E-state index < -0.39 is 11.7 Å². The largest absolute Gasteiger partial charge is 0.318 e. The van der Waals surface area contributed by atoms with Crippen molar-refractivity contribution >= 4 is 23.7 Å². The summed E-state index contributed by atoms with van der Waals surface area (Å²) in [5, 5.41) is 2.45. The summed E-state index contributed by atoms with van der Waals surface area (Å²) in [6.07, 6.45) is 0.792. The van der Waals surface area contributed by atoms with Crippen LogP contribution in [-0.4, -0.2) is 18.0 Å². The summed E-state index contributed by atoms with van der Waals surface area (Å²) in [7, 11) is 0. The maximum atomic E-state index is 11.5. The van der Waals surface area contributed by atoms with Gasteiger partial charge in [-0.2, -0.15) is 0 Å². The van der Waals surface area contributed by atoms with Crippen LogP contribution < -0.4 is 5.32 Å². The molecule has 0 aliphatic carbocycles. The fourth-order valence-corrected chi connectivity index (χ4v) is 1.49. The summed E-state index contributed by atoms with van der Waals surface area (Å²) in [4.78, 5) is 32.8. The lowest BCUT2D eigenvalue weighted by atomic mass is 10.0. The lowest BCUT2D eigenvalue weighted by molar-refractivity contribution is -0.112. The van der Waals surface area contributed by atoms with Crippen LogP contribution in [0.2, 0.25) is 0 Å². The number of hydrogen-bond acceptors (Lipinski definition) is 3. The highest BCUT2D eigenvalue weighted by atomic mass is 16.2. The van der Waals surface area contributed by atoms with Gasteiger partial charge in [-0.3, -0.25) is 9.59 Å². The molecule has 4 heteroatoms. The molecule has 1 aliphatic heterocycles. The van der Waals surface area contributed by atoms with E-state index in [-0.39, 0.29) is 6.42 Å². The molecular weight excluding hydrogens is 206 g/mol. The number of carbonyl (C=O) groups excluding carboxylic acids is 3. The number of anilines is 1. The van der Waals surface area contributed by atoms with Crippen LogP contribution in [0.3, 0.4) is 0 Å². The monoisotopic (exact) mass is 213 g/mol. The fourth-order valence-electron chi connectivity index (χ4n) is 1.49. The standard InChI is InChI=1S/C12H7NO3/c14-7-2-1-4-8-5-3-6-9-10(8)11(15)12(16)13-9/h3,5-7H,2H2,(H,13,15,16). The van der Waals surface area contributed by atoms with Gasteiger partial charge in [-0.1, -0.05) is 17.9 Å². The SMILES string of the molecule is O=CCC#Cc1cccc2c1C(=O)C(=O)N2. The number of nitrogens with one attached hydrogen (secondary N) is 1. The maximum Gasteiger partial charge on any atom is 0.296 e. The Labute approximate surface area is 91.6 Å². The zero-order valence-electron chi connectivity index (χ0n) is 8.24. The Morgan fingerprint density at radius 2 is 2.12 bits per heavy atom. The van der Waals surface area contributed by atoms with Gasteiger partial charge in [0, 0.05) is 5.56 Å². The molecule has 2 rings (SSSR count). The number of benzene rings is 1. The maximum absolute atomic E-state index is 11.5. The number of Topliss-reactive ketones (excluding diaryl/α,β-unsaturated/α-hetero) is 1. The number of fused-ring (bicyclic) bond motifs is 1. The highest BCUT2D eigenvalue weighted by molar-refractivity contribution is 6.52.